The van der Waals surface area contributed by atoms with Crippen molar-refractivity contribution in [3.05, 3.63) is 12.5 Å². The van der Waals surface area contributed by atoms with E-state index in [2.05, 4.69) is 25.4 Å². The largest absolute Gasteiger partial charge is 0.355 e. The zero-order valence-corrected chi connectivity index (χ0v) is 8.35. The van der Waals surface area contributed by atoms with Gasteiger partial charge in [0.05, 0.1) is 6.20 Å². The highest BCUT2D eigenvalue weighted by Crippen LogP contribution is 2.10. The number of hydrogen-bond donors (Lipinski definition) is 1. The predicted molar refractivity (Wildman–Crippen MR) is 54.1 cm³/mol. The third-order valence-electron chi connectivity index (χ3n) is 2.52. The molecule has 1 aromatic rings. The first kappa shape index (κ1) is 9.33. The van der Waals surface area contributed by atoms with Crippen LogP contribution >= 0.6 is 0 Å². The quantitative estimate of drug-likeness (QED) is 0.735. The second kappa shape index (κ2) is 4.32. The van der Waals surface area contributed by atoms with Gasteiger partial charge >= 0.3 is 0 Å². The van der Waals surface area contributed by atoms with Crippen LogP contribution in [0.2, 0.25) is 0 Å². The van der Waals surface area contributed by atoms with E-state index in [-0.39, 0.29) is 0 Å². The van der Waals surface area contributed by atoms with E-state index < -0.39 is 0 Å². The Labute approximate surface area is 83.6 Å². The third kappa shape index (κ3) is 2.17. The van der Waals surface area contributed by atoms with Gasteiger partial charge in [0.2, 0.25) is 0 Å². The Morgan fingerprint density at radius 1 is 1.64 bits per heavy atom. The molecular weight excluding hydrogens is 178 g/mol. The van der Waals surface area contributed by atoms with Gasteiger partial charge in [-0.25, -0.2) is 4.98 Å². The molecule has 5 heteroatoms. The van der Waals surface area contributed by atoms with Crippen LogP contribution in [0.15, 0.2) is 12.5 Å². The average Bonchev–Trinajstić information content (AvgIpc) is 2.72. The number of rotatable bonds is 3. The van der Waals surface area contributed by atoms with Crippen LogP contribution in [0.3, 0.4) is 0 Å². The molecule has 0 spiro atoms. The summed E-state index contributed by atoms with van der Waals surface area (Å²) >= 11 is 0. The van der Waals surface area contributed by atoms with Crippen molar-refractivity contribution in [2.45, 2.75) is 18.9 Å². The van der Waals surface area contributed by atoms with Gasteiger partial charge in [0.25, 0.3) is 0 Å². The fraction of sp³-hybridized carbons (Fsp3) is 0.667. The first-order chi connectivity index (χ1) is 6.86. The molecule has 1 unspecified atom stereocenters. The Balaban J connectivity index is 1.92. The summed E-state index contributed by atoms with van der Waals surface area (Å²) in [4.78, 5) is 6.03. The van der Waals surface area contributed by atoms with Crippen molar-refractivity contribution in [1.29, 1.82) is 0 Å². The van der Waals surface area contributed by atoms with Crippen molar-refractivity contribution in [3.8, 4) is 0 Å². The Bertz CT molecular complexity index is 270. The van der Waals surface area contributed by atoms with Gasteiger partial charge in [-0.15, -0.1) is 10.2 Å². The molecule has 0 aromatic carbocycles. The van der Waals surface area contributed by atoms with Crippen LogP contribution in [0, 0.1) is 0 Å². The highest BCUT2D eigenvalue weighted by Gasteiger charge is 2.16. The van der Waals surface area contributed by atoms with Crippen LogP contribution in [0.5, 0.6) is 0 Å². The zero-order chi connectivity index (χ0) is 9.80. The summed E-state index contributed by atoms with van der Waals surface area (Å²) < 4.78 is 0. The summed E-state index contributed by atoms with van der Waals surface area (Å²) in [7, 11) is 2.02. The summed E-state index contributed by atoms with van der Waals surface area (Å²) in [5.41, 5.74) is 0. The van der Waals surface area contributed by atoms with Gasteiger partial charge in [-0.3, -0.25) is 0 Å². The molecule has 5 nitrogen and oxygen atoms in total. The molecule has 1 aromatic heterocycles. The van der Waals surface area contributed by atoms with Crippen molar-refractivity contribution in [1.82, 2.24) is 20.5 Å². The van der Waals surface area contributed by atoms with Crippen LogP contribution in [-0.4, -0.2) is 41.4 Å². The lowest BCUT2D eigenvalue weighted by atomic mass is 10.2. The number of anilines is 1. The molecule has 0 radical (unpaired) electrons. The minimum absolute atomic E-state index is 0.585. The number of hydrogen-bond acceptors (Lipinski definition) is 5. The molecule has 1 fully saturated rings. The molecule has 0 bridgehead atoms. The predicted octanol–water partition coefficient (Wildman–Crippen LogP) is 0.0598. The molecule has 0 aliphatic carbocycles. The molecule has 1 N–H and O–H groups in total. The molecule has 1 atom stereocenters. The standard InChI is InChI=1S/C9H15N5/c1-14(6-8-3-2-4-11-8)9-5-10-7-12-13-9/h5,7-8,11H,2-4,6H2,1H3. The normalized spacial score (nSPS) is 21.1. The maximum Gasteiger partial charge on any atom is 0.169 e. The van der Waals surface area contributed by atoms with E-state index in [1.807, 2.05) is 7.05 Å². The number of aromatic nitrogens is 3. The van der Waals surface area contributed by atoms with Gasteiger partial charge < -0.3 is 10.2 Å². The summed E-state index contributed by atoms with van der Waals surface area (Å²) in [5, 5.41) is 11.2. The van der Waals surface area contributed by atoms with E-state index in [4.69, 9.17) is 0 Å². The maximum atomic E-state index is 4.01. The molecule has 14 heavy (non-hydrogen) atoms. The highest BCUT2D eigenvalue weighted by atomic mass is 15.3. The van der Waals surface area contributed by atoms with Crippen molar-refractivity contribution in [2.24, 2.45) is 0 Å². The van der Waals surface area contributed by atoms with E-state index >= 15 is 0 Å². The van der Waals surface area contributed by atoms with Gasteiger partial charge in [-0.1, -0.05) is 0 Å². The SMILES string of the molecule is CN(CC1CCCN1)c1cncnn1. The molecule has 0 saturated carbocycles. The zero-order valence-electron chi connectivity index (χ0n) is 8.35. The maximum absolute atomic E-state index is 4.01. The van der Waals surface area contributed by atoms with E-state index in [1.54, 1.807) is 6.20 Å². The number of likely N-dealkylation sites (N-methyl/N-ethyl adjacent to an activating group) is 1. The van der Waals surface area contributed by atoms with Crippen LogP contribution in [0.25, 0.3) is 0 Å². The minimum Gasteiger partial charge on any atom is -0.355 e. The monoisotopic (exact) mass is 193 g/mol. The smallest absolute Gasteiger partial charge is 0.169 e. The first-order valence-electron chi connectivity index (χ1n) is 4.93. The second-order valence-corrected chi connectivity index (χ2v) is 3.64. The molecule has 76 valence electrons. The molecule has 1 saturated heterocycles. The van der Waals surface area contributed by atoms with Gasteiger partial charge in [-0.2, -0.15) is 0 Å². The van der Waals surface area contributed by atoms with Crippen molar-refractivity contribution in [3.63, 3.8) is 0 Å². The molecule has 1 aliphatic heterocycles. The van der Waals surface area contributed by atoms with Crippen LogP contribution < -0.4 is 10.2 Å². The fourth-order valence-electron chi connectivity index (χ4n) is 1.75. The van der Waals surface area contributed by atoms with Gasteiger partial charge in [0.1, 0.15) is 6.33 Å². The van der Waals surface area contributed by atoms with E-state index in [9.17, 15) is 0 Å². The van der Waals surface area contributed by atoms with E-state index in [1.165, 1.54) is 19.2 Å². The number of nitrogens with zero attached hydrogens (tertiary/aromatic N) is 4. The van der Waals surface area contributed by atoms with Gasteiger partial charge in [0.15, 0.2) is 5.82 Å². The molecule has 0 amide bonds. The Hall–Kier alpha value is -1.23. The van der Waals surface area contributed by atoms with Gasteiger partial charge in [-0.05, 0) is 19.4 Å². The topological polar surface area (TPSA) is 53.9 Å². The lowest BCUT2D eigenvalue weighted by Gasteiger charge is -2.20. The summed E-state index contributed by atoms with van der Waals surface area (Å²) in [6.07, 6.45) is 5.71. The summed E-state index contributed by atoms with van der Waals surface area (Å²) in [5.74, 6) is 0.834. The van der Waals surface area contributed by atoms with E-state index in [0.29, 0.717) is 6.04 Å². The molecule has 2 heterocycles. The fourth-order valence-corrected chi connectivity index (χ4v) is 1.75. The van der Waals surface area contributed by atoms with E-state index in [0.717, 1.165) is 18.9 Å². The molecule has 2 rings (SSSR count). The lowest BCUT2D eigenvalue weighted by molar-refractivity contribution is 0.595. The van der Waals surface area contributed by atoms with Crippen LogP contribution in [0.1, 0.15) is 12.8 Å². The average molecular weight is 193 g/mol. The summed E-state index contributed by atoms with van der Waals surface area (Å²) in [6.45, 7) is 2.11. The molecule has 1 aliphatic rings. The Morgan fingerprint density at radius 2 is 2.57 bits per heavy atom. The van der Waals surface area contributed by atoms with Gasteiger partial charge in [0, 0.05) is 19.6 Å². The van der Waals surface area contributed by atoms with Crippen molar-refractivity contribution in [2.75, 3.05) is 25.0 Å². The number of nitrogens with one attached hydrogen (secondary N) is 1. The van der Waals surface area contributed by atoms with Crippen LogP contribution in [0.4, 0.5) is 5.82 Å². The minimum atomic E-state index is 0.585. The Kier molecular flexibility index (Phi) is 2.88. The second-order valence-electron chi connectivity index (χ2n) is 3.64. The van der Waals surface area contributed by atoms with Crippen LogP contribution in [-0.2, 0) is 0 Å². The Morgan fingerprint density at radius 3 is 3.21 bits per heavy atom. The first-order valence-corrected chi connectivity index (χ1v) is 4.93. The third-order valence-corrected chi connectivity index (χ3v) is 2.52. The molecular formula is C9H15N5. The van der Waals surface area contributed by atoms with Crippen molar-refractivity contribution >= 4 is 5.82 Å². The highest BCUT2D eigenvalue weighted by molar-refractivity contribution is 5.32. The summed E-state index contributed by atoms with van der Waals surface area (Å²) in [6, 6.07) is 0.585. The van der Waals surface area contributed by atoms with Crippen molar-refractivity contribution < 1.29 is 0 Å². The lowest BCUT2D eigenvalue weighted by Crippen LogP contribution is -2.35.